The maximum Gasteiger partial charge on any atom is 1.00 e. The molecule has 0 bridgehead atoms. The van der Waals surface area contributed by atoms with Gasteiger partial charge in [-0.1, -0.05) is 66.7 Å². The van der Waals surface area contributed by atoms with Crippen molar-refractivity contribution in [2.75, 3.05) is 38.2 Å². The first-order chi connectivity index (χ1) is 35.1. The molecular weight excluding hydrogens is 942 g/mol. The van der Waals surface area contributed by atoms with Crippen LogP contribution in [-0.4, -0.2) is 46.0 Å². The molecule has 1 unspecified atom stereocenters. The van der Waals surface area contributed by atoms with E-state index < -0.39 is 15.4 Å². The standard InChI is InChI=1S/C61H53N3O7S.Na/c1-68-53-28-20-49(21-29-53)63(50-22-30-54(69-2)31-23-50)47-16-10-42(11-17-47)45-14-36-59-57(40-45)58-41-46(15-37-60(58)62(59)39-38-61(72(65,66)67)44-8-6-5-7-9-44)43-12-18-48(19-13-43)64(51-24-32-55(70-3)33-25-51)52-26-34-56(71-4)35-27-52;/h5-37,40-41,61H,38-39H2,1-4H3,(H,65,66,67);/q;+1/p-1. The number of aromatic nitrogens is 1. The first kappa shape index (κ1) is 50.4. The van der Waals surface area contributed by atoms with Crippen LogP contribution < -0.4 is 58.3 Å². The van der Waals surface area contributed by atoms with Crippen LogP contribution in [0.5, 0.6) is 23.0 Å². The van der Waals surface area contributed by atoms with Crippen LogP contribution in [0.1, 0.15) is 17.2 Å². The summed E-state index contributed by atoms with van der Waals surface area (Å²) in [7, 11) is 1.98. The van der Waals surface area contributed by atoms with Gasteiger partial charge in [-0.25, -0.2) is 8.42 Å². The SMILES string of the molecule is COc1ccc(N(c2ccc(OC)cc2)c2ccc(-c3ccc4c(c3)c3cc(-c5ccc(N(c6ccc(OC)cc6)c6ccc(OC)cc6)cc5)ccc3n4CCC(c3ccccc3)S(=O)(=O)[O-])cc2)cc1.[Na+]. The fraction of sp³-hybridized carbons (Fsp3) is 0.115. The van der Waals surface area contributed by atoms with Crippen molar-refractivity contribution >= 4 is 66.0 Å². The molecule has 12 heteroatoms. The Morgan fingerprint density at radius 2 is 0.726 bits per heavy atom. The summed E-state index contributed by atoms with van der Waals surface area (Å²) in [5.41, 5.74) is 12.3. The maximum atomic E-state index is 12.8. The fourth-order valence-electron chi connectivity index (χ4n) is 9.52. The third kappa shape index (κ3) is 10.7. The number of methoxy groups -OCH3 is 4. The minimum atomic E-state index is -4.66. The Kier molecular flexibility index (Phi) is 15.3. The van der Waals surface area contributed by atoms with Crippen molar-refractivity contribution in [1.29, 1.82) is 0 Å². The van der Waals surface area contributed by atoms with Crippen LogP contribution in [0.25, 0.3) is 44.1 Å². The van der Waals surface area contributed by atoms with E-state index in [1.807, 2.05) is 103 Å². The smallest absolute Gasteiger partial charge is 0.747 e. The molecule has 0 N–H and O–H groups in total. The molecule has 0 fully saturated rings. The first-order valence-corrected chi connectivity index (χ1v) is 25.0. The molecule has 0 saturated carbocycles. The van der Waals surface area contributed by atoms with Gasteiger partial charge in [-0.3, -0.25) is 0 Å². The summed E-state index contributed by atoms with van der Waals surface area (Å²) in [5, 5.41) is 0.816. The summed E-state index contributed by atoms with van der Waals surface area (Å²) in [4.78, 5) is 4.38. The van der Waals surface area contributed by atoms with Crippen LogP contribution in [0, 0.1) is 0 Å². The van der Waals surface area contributed by atoms with E-state index >= 15 is 0 Å². The van der Waals surface area contributed by atoms with E-state index in [2.05, 4.69) is 99.3 Å². The molecule has 10 aromatic rings. The zero-order valence-electron chi connectivity index (χ0n) is 41.3. The average Bonchev–Trinajstić information content (AvgIpc) is 3.74. The van der Waals surface area contributed by atoms with Crippen LogP contribution in [0.2, 0.25) is 0 Å². The van der Waals surface area contributed by atoms with E-state index in [1.54, 1.807) is 52.7 Å². The van der Waals surface area contributed by atoms with Gasteiger partial charge in [0.15, 0.2) is 0 Å². The van der Waals surface area contributed by atoms with Crippen molar-refractivity contribution in [1.82, 2.24) is 4.57 Å². The van der Waals surface area contributed by atoms with Crippen molar-refractivity contribution in [2.24, 2.45) is 0 Å². The van der Waals surface area contributed by atoms with Gasteiger partial charge in [-0.15, -0.1) is 0 Å². The van der Waals surface area contributed by atoms with Gasteiger partial charge in [0.1, 0.15) is 33.1 Å². The van der Waals surface area contributed by atoms with Gasteiger partial charge in [0.25, 0.3) is 0 Å². The van der Waals surface area contributed by atoms with Gasteiger partial charge in [0.2, 0.25) is 0 Å². The van der Waals surface area contributed by atoms with Gasteiger partial charge in [-0.05, 0) is 180 Å². The summed E-state index contributed by atoms with van der Waals surface area (Å²) < 4.78 is 62.4. The molecular formula is C61H52N3NaO7S. The number of anilines is 6. The molecule has 0 spiro atoms. The number of nitrogens with zero attached hydrogens (tertiary/aromatic N) is 3. The molecule has 0 radical (unpaired) electrons. The van der Waals surface area contributed by atoms with Crippen LogP contribution in [-0.2, 0) is 16.7 Å². The maximum absolute atomic E-state index is 12.8. The molecule has 73 heavy (non-hydrogen) atoms. The zero-order valence-corrected chi connectivity index (χ0v) is 44.1. The summed E-state index contributed by atoms with van der Waals surface area (Å²) in [6.07, 6.45) is 0.110. The number of benzene rings is 9. The summed E-state index contributed by atoms with van der Waals surface area (Å²) in [6.45, 7) is 0.308. The molecule has 9 aromatic carbocycles. The molecule has 0 amide bonds. The molecule has 1 atom stereocenters. The van der Waals surface area contributed by atoms with Crippen LogP contribution >= 0.6 is 0 Å². The van der Waals surface area contributed by atoms with Gasteiger partial charge in [0, 0.05) is 62.5 Å². The molecule has 360 valence electrons. The Morgan fingerprint density at radius 3 is 1.03 bits per heavy atom. The topological polar surface area (TPSA) is 106 Å². The van der Waals surface area contributed by atoms with Gasteiger partial charge >= 0.3 is 29.6 Å². The molecule has 0 aliphatic carbocycles. The number of aryl methyl sites for hydroxylation is 1. The second-order valence-corrected chi connectivity index (χ2v) is 18.9. The molecule has 10 nitrogen and oxygen atoms in total. The molecule has 0 aliphatic rings. The molecule has 0 aliphatic heterocycles. The Hall–Kier alpha value is -7.51. The number of rotatable bonds is 17. The molecule has 1 aromatic heterocycles. The predicted octanol–water partition coefficient (Wildman–Crippen LogP) is 11.8. The van der Waals surface area contributed by atoms with E-state index in [4.69, 9.17) is 18.9 Å². The fourth-order valence-corrected chi connectivity index (χ4v) is 10.4. The number of fused-ring (bicyclic) bond motifs is 3. The summed E-state index contributed by atoms with van der Waals surface area (Å²) >= 11 is 0. The minimum absolute atomic E-state index is 0. The van der Waals surface area contributed by atoms with Crippen LogP contribution in [0.3, 0.4) is 0 Å². The van der Waals surface area contributed by atoms with Gasteiger partial charge in [-0.2, -0.15) is 0 Å². The van der Waals surface area contributed by atoms with E-state index in [0.29, 0.717) is 12.1 Å². The third-order valence-corrected chi connectivity index (χ3v) is 14.4. The van der Waals surface area contributed by atoms with Crippen molar-refractivity contribution in [2.45, 2.75) is 18.2 Å². The van der Waals surface area contributed by atoms with Crippen LogP contribution in [0.4, 0.5) is 34.1 Å². The number of hydrogen-bond acceptors (Lipinski definition) is 9. The van der Waals surface area contributed by atoms with E-state index in [9.17, 15) is 13.0 Å². The third-order valence-electron chi connectivity index (χ3n) is 13.2. The van der Waals surface area contributed by atoms with Gasteiger partial charge in [0.05, 0.1) is 33.7 Å². The van der Waals surface area contributed by atoms with Crippen molar-refractivity contribution in [3.8, 4) is 45.3 Å². The van der Waals surface area contributed by atoms with Crippen LogP contribution in [0.15, 0.2) is 212 Å². The van der Waals surface area contributed by atoms with E-state index in [-0.39, 0.29) is 36.0 Å². The minimum Gasteiger partial charge on any atom is -0.747 e. The van der Waals surface area contributed by atoms with Gasteiger partial charge < -0.3 is 37.9 Å². The molecule has 10 rings (SSSR count). The van der Waals surface area contributed by atoms with Crippen molar-refractivity contribution in [3.63, 3.8) is 0 Å². The Bertz CT molecular complexity index is 3280. The monoisotopic (exact) mass is 993 g/mol. The quantitative estimate of drug-likeness (QED) is 0.0651. The zero-order chi connectivity index (χ0) is 49.8. The largest absolute Gasteiger partial charge is 1.00 e. The van der Waals surface area contributed by atoms with Crippen molar-refractivity contribution < 1.29 is 61.5 Å². The van der Waals surface area contributed by atoms with E-state index in [1.165, 1.54) is 0 Å². The average molecular weight is 994 g/mol. The molecule has 1 heterocycles. The second-order valence-electron chi connectivity index (χ2n) is 17.4. The number of hydrogen-bond donors (Lipinski definition) is 0. The van der Waals surface area contributed by atoms with Crippen molar-refractivity contribution in [3.05, 3.63) is 218 Å². The first-order valence-electron chi connectivity index (χ1n) is 23.6. The Balaban J connectivity index is 0.00000656. The van der Waals surface area contributed by atoms with E-state index in [0.717, 1.165) is 101 Å². The molecule has 0 saturated heterocycles. The summed E-state index contributed by atoms with van der Waals surface area (Å²) in [6, 6.07) is 70.6. The predicted molar refractivity (Wildman–Crippen MR) is 289 cm³/mol. The normalized spacial score (nSPS) is 11.7. The second kappa shape index (κ2) is 22.1. The Labute approximate surface area is 448 Å². The Morgan fingerprint density at radius 1 is 0.425 bits per heavy atom. The number of ether oxygens (including phenoxy) is 4. The summed E-state index contributed by atoms with van der Waals surface area (Å²) in [5.74, 6) is 3.09.